The van der Waals surface area contributed by atoms with Gasteiger partial charge in [-0.25, -0.2) is 0 Å². The van der Waals surface area contributed by atoms with Gasteiger partial charge < -0.3 is 0 Å². The third kappa shape index (κ3) is 2.46. The van der Waals surface area contributed by atoms with E-state index in [1.54, 1.807) is 12.1 Å². The lowest BCUT2D eigenvalue weighted by Gasteiger charge is -1.91. The highest BCUT2D eigenvalue weighted by molar-refractivity contribution is 7.03. The van der Waals surface area contributed by atoms with E-state index in [0.29, 0.717) is 10.4 Å². The van der Waals surface area contributed by atoms with Gasteiger partial charge in [-0.1, -0.05) is 24.3 Å². The summed E-state index contributed by atoms with van der Waals surface area (Å²) in [5.41, 5.74) is 2.51. The van der Waals surface area contributed by atoms with Crippen molar-refractivity contribution in [1.29, 1.82) is 0 Å². The average Bonchev–Trinajstić information content (AvgIpc) is 2.81. The van der Waals surface area contributed by atoms with E-state index in [1.165, 1.54) is 11.5 Å². The minimum atomic E-state index is -0.267. The Morgan fingerprint density at radius 2 is 2.00 bits per heavy atom. The molecule has 0 aliphatic rings. The highest BCUT2D eigenvalue weighted by atomic mass is 32.1. The molecular formula is C14H11N3OS. The molecule has 0 saturated heterocycles. The number of amides is 1. The first-order valence-corrected chi connectivity index (χ1v) is 6.60. The van der Waals surface area contributed by atoms with Gasteiger partial charge in [0.1, 0.15) is 5.65 Å². The second-order valence-corrected chi connectivity index (χ2v) is 5.10. The summed E-state index contributed by atoms with van der Waals surface area (Å²) in [6.45, 7) is 2.01. The number of aryl methyl sites for hydroxylation is 1. The number of pyridine rings is 1. The number of carbonyl (C=O) groups excluding carboxylic acids is 1. The Labute approximate surface area is 113 Å². The van der Waals surface area contributed by atoms with Crippen molar-refractivity contribution in [3.05, 3.63) is 64.6 Å². The van der Waals surface area contributed by atoms with E-state index >= 15 is 0 Å². The summed E-state index contributed by atoms with van der Waals surface area (Å²) < 4.78 is 1.91. The standard InChI is InChI=1S/C14H11N3OS/c1-10-7-8-12-15-14(19-17(12)9-10)16-13(18)11-5-3-2-4-6-11/h2-9H,1H3. The molecule has 3 aromatic rings. The largest absolute Gasteiger partial charge is 0.279 e. The third-order valence-electron chi connectivity index (χ3n) is 2.65. The molecule has 2 heterocycles. The minimum Gasteiger partial charge on any atom is -0.267 e. The van der Waals surface area contributed by atoms with Crippen molar-refractivity contribution in [2.75, 3.05) is 0 Å². The van der Waals surface area contributed by atoms with Crippen molar-refractivity contribution in [3.8, 4) is 0 Å². The first-order valence-electron chi connectivity index (χ1n) is 5.83. The second-order valence-electron chi connectivity index (χ2n) is 4.16. The molecule has 0 unspecified atom stereocenters. The number of carbonyl (C=O) groups is 1. The van der Waals surface area contributed by atoms with Crippen LogP contribution in [-0.2, 0) is 0 Å². The molecule has 4 nitrogen and oxygen atoms in total. The van der Waals surface area contributed by atoms with Crippen LogP contribution < -0.4 is 4.80 Å². The van der Waals surface area contributed by atoms with Gasteiger partial charge in [0.05, 0.1) is 0 Å². The molecule has 2 aromatic heterocycles. The van der Waals surface area contributed by atoms with E-state index in [1.807, 2.05) is 47.2 Å². The highest BCUT2D eigenvalue weighted by Crippen LogP contribution is 2.05. The van der Waals surface area contributed by atoms with Crippen LogP contribution in [0.4, 0.5) is 0 Å². The highest BCUT2D eigenvalue weighted by Gasteiger charge is 2.04. The van der Waals surface area contributed by atoms with Crippen LogP contribution in [0.25, 0.3) is 5.65 Å². The van der Waals surface area contributed by atoms with Gasteiger partial charge in [0, 0.05) is 11.8 Å². The Bertz CT molecular complexity index is 802. The molecule has 0 fully saturated rings. The molecule has 1 aromatic carbocycles. The number of hydrogen-bond acceptors (Lipinski definition) is 3. The van der Waals surface area contributed by atoms with E-state index in [9.17, 15) is 4.79 Å². The summed E-state index contributed by atoms with van der Waals surface area (Å²) in [5, 5.41) is 0. The lowest BCUT2D eigenvalue weighted by Crippen LogP contribution is -2.04. The molecule has 1 amide bonds. The number of hydrogen-bond donors (Lipinski definition) is 0. The zero-order chi connectivity index (χ0) is 13.2. The van der Waals surface area contributed by atoms with Crippen molar-refractivity contribution >= 4 is 23.1 Å². The normalized spacial score (nSPS) is 11.9. The third-order valence-corrected chi connectivity index (χ3v) is 3.49. The summed E-state index contributed by atoms with van der Waals surface area (Å²) in [7, 11) is 0. The lowest BCUT2D eigenvalue weighted by atomic mass is 10.2. The maximum Gasteiger partial charge on any atom is 0.279 e. The predicted octanol–water partition coefficient (Wildman–Crippen LogP) is 2.45. The predicted molar refractivity (Wildman–Crippen MR) is 74.1 cm³/mol. The summed E-state index contributed by atoms with van der Waals surface area (Å²) in [5.74, 6) is -0.267. The van der Waals surface area contributed by atoms with Gasteiger partial charge in [0.2, 0.25) is 4.80 Å². The van der Waals surface area contributed by atoms with Gasteiger partial charge in [0.15, 0.2) is 0 Å². The van der Waals surface area contributed by atoms with Gasteiger partial charge in [-0.3, -0.25) is 8.58 Å². The zero-order valence-corrected chi connectivity index (χ0v) is 11.1. The van der Waals surface area contributed by atoms with Gasteiger partial charge in [-0.15, -0.1) is 0 Å². The fourth-order valence-electron chi connectivity index (χ4n) is 1.72. The molecule has 0 spiro atoms. The maximum absolute atomic E-state index is 11.9. The summed E-state index contributed by atoms with van der Waals surface area (Å²) in [6, 6.07) is 12.9. The van der Waals surface area contributed by atoms with Crippen molar-refractivity contribution in [3.63, 3.8) is 0 Å². The van der Waals surface area contributed by atoms with E-state index in [-0.39, 0.29) is 5.91 Å². The molecule has 0 aliphatic carbocycles. The Morgan fingerprint density at radius 3 is 2.79 bits per heavy atom. The van der Waals surface area contributed by atoms with Crippen molar-refractivity contribution in [2.45, 2.75) is 6.92 Å². The molecule has 0 N–H and O–H groups in total. The van der Waals surface area contributed by atoms with Crippen LogP contribution in [0.15, 0.2) is 53.7 Å². The Kier molecular flexibility index (Phi) is 2.97. The van der Waals surface area contributed by atoms with E-state index < -0.39 is 0 Å². The molecule has 0 aliphatic heterocycles. The molecule has 3 rings (SSSR count). The van der Waals surface area contributed by atoms with Crippen LogP contribution in [0.2, 0.25) is 0 Å². The minimum absolute atomic E-state index is 0.267. The van der Waals surface area contributed by atoms with Gasteiger partial charge in [-0.05, 0) is 42.2 Å². The van der Waals surface area contributed by atoms with E-state index in [0.717, 1.165) is 11.2 Å². The van der Waals surface area contributed by atoms with Crippen LogP contribution in [0.3, 0.4) is 0 Å². The Balaban J connectivity index is 2.04. The molecular weight excluding hydrogens is 258 g/mol. The van der Waals surface area contributed by atoms with Crippen LogP contribution in [-0.4, -0.2) is 14.7 Å². The summed E-state index contributed by atoms with van der Waals surface area (Å²) in [6.07, 6.45) is 1.97. The number of nitrogens with zero attached hydrogens (tertiary/aromatic N) is 3. The molecule has 0 saturated carbocycles. The fraction of sp³-hybridized carbons (Fsp3) is 0.0714. The van der Waals surface area contributed by atoms with Crippen LogP contribution in [0.1, 0.15) is 15.9 Å². The van der Waals surface area contributed by atoms with Crippen LogP contribution in [0.5, 0.6) is 0 Å². The monoisotopic (exact) mass is 269 g/mol. The molecule has 5 heteroatoms. The number of rotatable bonds is 1. The van der Waals surface area contributed by atoms with Gasteiger partial charge in [0.25, 0.3) is 5.91 Å². The average molecular weight is 269 g/mol. The molecule has 0 atom stereocenters. The zero-order valence-electron chi connectivity index (χ0n) is 10.3. The molecule has 0 bridgehead atoms. The fourth-order valence-corrected chi connectivity index (χ4v) is 2.57. The quantitative estimate of drug-likeness (QED) is 0.681. The summed E-state index contributed by atoms with van der Waals surface area (Å²) >= 11 is 1.35. The van der Waals surface area contributed by atoms with E-state index in [2.05, 4.69) is 9.98 Å². The van der Waals surface area contributed by atoms with E-state index in [4.69, 9.17) is 0 Å². The van der Waals surface area contributed by atoms with Crippen molar-refractivity contribution < 1.29 is 4.79 Å². The topological polar surface area (TPSA) is 46.7 Å². The Hall–Kier alpha value is -2.27. The molecule has 19 heavy (non-hydrogen) atoms. The van der Waals surface area contributed by atoms with Gasteiger partial charge >= 0.3 is 0 Å². The first-order chi connectivity index (χ1) is 9.22. The Morgan fingerprint density at radius 1 is 1.21 bits per heavy atom. The van der Waals surface area contributed by atoms with Gasteiger partial charge in [-0.2, -0.15) is 9.98 Å². The smallest absolute Gasteiger partial charge is 0.267 e. The second kappa shape index (κ2) is 4.78. The molecule has 0 radical (unpaired) electrons. The number of aromatic nitrogens is 2. The molecule has 94 valence electrons. The maximum atomic E-state index is 11.9. The lowest BCUT2D eigenvalue weighted by molar-refractivity contribution is 0.0998. The van der Waals surface area contributed by atoms with Crippen LogP contribution in [0, 0.1) is 6.92 Å². The van der Waals surface area contributed by atoms with Crippen molar-refractivity contribution in [2.24, 2.45) is 4.99 Å². The SMILES string of the molecule is Cc1ccc2nc(=NC(=O)c3ccccc3)sn2c1. The van der Waals surface area contributed by atoms with Crippen LogP contribution >= 0.6 is 11.5 Å². The summed E-state index contributed by atoms with van der Waals surface area (Å²) in [4.78, 5) is 20.8. The number of benzene rings is 1. The first kappa shape index (κ1) is 11.8. The number of fused-ring (bicyclic) bond motifs is 1. The van der Waals surface area contributed by atoms with Crippen molar-refractivity contribution in [1.82, 2.24) is 8.77 Å².